The van der Waals surface area contributed by atoms with Gasteiger partial charge in [0.1, 0.15) is 5.52 Å². The van der Waals surface area contributed by atoms with Gasteiger partial charge in [-0.25, -0.2) is 0 Å². The van der Waals surface area contributed by atoms with Gasteiger partial charge in [-0.05, 0) is 0 Å². The highest BCUT2D eigenvalue weighted by molar-refractivity contribution is 9.09. The Balaban J connectivity index is 2.88. The minimum absolute atomic E-state index is 0.0344. The lowest BCUT2D eigenvalue weighted by Crippen LogP contribution is -2.10. The third-order valence-electron chi connectivity index (χ3n) is 1.28. The van der Waals surface area contributed by atoms with Crippen molar-refractivity contribution in [1.29, 1.82) is 0 Å². The van der Waals surface area contributed by atoms with Gasteiger partial charge in [0.05, 0.1) is 39.5 Å². The number of hydrogen-bond donors (Lipinski definition) is 1. The molecule has 0 unspecified atom stereocenters. The first-order valence-corrected chi connectivity index (χ1v) is 5.40. The Bertz CT molecular complexity index is 142. The number of halogens is 1. The molecule has 6 heteroatoms. The fraction of sp³-hybridized carbons (Fsp3) is 0.875. The van der Waals surface area contributed by atoms with Gasteiger partial charge in [0.25, 0.3) is 0 Å². The number of hydrogen-bond acceptors (Lipinski definition) is 4. The van der Waals surface area contributed by atoms with Gasteiger partial charge in [-0.1, -0.05) is 15.9 Å². The number of carboxylic acid groups (broad SMARTS) is 1. The van der Waals surface area contributed by atoms with Gasteiger partial charge in [-0.15, -0.1) is 0 Å². The van der Waals surface area contributed by atoms with Crippen molar-refractivity contribution >= 4 is 21.9 Å². The highest BCUT2D eigenvalue weighted by Crippen LogP contribution is 1.85. The molecule has 0 aromatic rings. The van der Waals surface area contributed by atoms with E-state index in [-0.39, 0.29) is 13.0 Å². The molecule has 14 heavy (non-hydrogen) atoms. The zero-order valence-electron chi connectivity index (χ0n) is 7.91. The Labute approximate surface area is 91.5 Å². The van der Waals surface area contributed by atoms with Crippen LogP contribution in [0.15, 0.2) is 0 Å². The molecule has 84 valence electrons. The van der Waals surface area contributed by atoms with Gasteiger partial charge in [0, 0.05) is 0 Å². The molecule has 0 heterocycles. The Morgan fingerprint density at radius 3 is 2.00 bits per heavy atom. The topological polar surface area (TPSA) is 65.0 Å². The summed E-state index contributed by atoms with van der Waals surface area (Å²) in [5.74, 6) is -0.850. The Morgan fingerprint density at radius 2 is 1.50 bits per heavy atom. The monoisotopic (exact) mass is 270 g/mol. The molecule has 0 radical (unpaired) electrons. The van der Waals surface area contributed by atoms with Crippen LogP contribution in [0.3, 0.4) is 0 Å². The zero-order valence-corrected chi connectivity index (χ0v) is 9.49. The van der Waals surface area contributed by atoms with Crippen molar-refractivity contribution in [2.45, 2.75) is 6.42 Å². The molecule has 0 atom stereocenters. The van der Waals surface area contributed by atoms with Crippen molar-refractivity contribution in [3.63, 3.8) is 0 Å². The summed E-state index contributed by atoms with van der Waals surface area (Å²) in [6, 6.07) is 0. The molecule has 1 N–H and O–H groups in total. The highest BCUT2D eigenvalue weighted by Gasteiger charge is 1.95. The van der Waals surface area contributed by atoms with Crippen LogP contribution in [0.2, 0.25) is 0 Å². The highest BCUT2D eigenvalue weighted by atomic mass is 79.9. The Kier molecular flexibility index (Phi) is 10.8. The molecule has 0 aromatic heterocycles. The van der Waals surface area contributed by atoms with E-state index in [2.05, 4.69) is 15.9 Å². The van der Waals surface area contributed by atoms with E-state index in [1.165, 1.54) is 0 Å². The number of rotatable bonds is 10. The largest absolute Gasteiger partial charge is 0.481 e. The summed E-state index contributed by atoms with van der Waals surface area (Å²) in [4.78, 5) is 10.1. The molecular weight excluding hydrogens is 256 g/mol. The Hall–Kier alpha value is -0.170. The maximum atomic E-state index is 10.1. The van der Waals surface area contributed by atoms with Crippen molar-refractivity contribution in [1.82, 2.24) is 0 Å². The van der Waals surface area contributed by atoms with Crippen LogP contribution >= 0.6 is 15.9 Å². The lowest BCUT2D eigenvalue weighted by Gasteiger charge is -2.04. The lowest BCUT2D eigenvalue weighted by atomic mass is 10.5. The molecule has 0 aliphatic carbocycles. The van der Waals surface area contributed by atoms with Crippen LogP contribution in [0.4, 0.5) is 0 Å². The van der Waals surface area contributed by atoms with Crippen LogP contribution in [0.1, 0.15) is 6.42 Å². The molecule has 0 bridgehead atoms. The molecule has 0 fully saturated rings. The molecule has 0 saturated carbocycles. The normalized spacial score (nSPS) is 10.4. The number of alkyl halides is 1. The lowest BCUT2D eigenvalue weighted by molar-refractivity contribution is -0.138. The molecular formula is C8H15BrO5. The average Bonchev–Trinajstić information content (AvgIpc) is 2.15. The number of ether oxygens (including phenoxy) is 3. The van der Waals surface area contributed by atoms with E-state index in [0.717, 1.165) is 0 Å². The van der Waals surface area contributed by atoms with Gasteiger partial charge >= 0.3 is 5.97 Å². The SMILES string of the molecule is O=C(O)CCOCCOCCOCBr. The summed E-state index contributed by atoms with van der Waals surface area (Å²) in [5, 5.41) is 8.28. The first-order chi connectivity index (χ1) is 6.77. The van der Waals surface area contributed by atoms with E-state index in [9.17, 15) is 4.79 Å². The van der Waals surface area contributed by atoms with Gasteiger partial charge in [-0.2, -0.15) is 0 Å². The minimum atomic E-state index is -0.850. The summed E-state index contributed by atoms with van der Waals surface area (Å²) in [7, 11) is 0. The zero-order chi connectivity index (χ0) is 10.6. The summed E-state index contributed by atoms with van der Waals surface area (Å²) in [6.45, 7) is 2.18. The third kappa shape index (κ3) is 11.8. The summed E-state index contributed by atoms with van der Waals surface area (Å²) in [6.07, 6.45) is 0.0344. The van der Waals surface area contributed by atoms with E-state index in [1.807, 2.05) is 0 Å². The maximum Gasteiger partial charge on any atom is 0.305 e. The van der Waals surface area contributed by atoms with E-state index in [4.69, 9.17) is 19.3 Å². The summed E-state index contributed by atoms with van der Waals surface area (Å²) < 4.78 is 15.1. The second-order valence-corrected chi connectivity index (χ2v) is 2.84. The van der Waals surface area contributed by atoms with Crippen molar-refractivity contribution in [3.8, 4) is 0 Å². The molecule has 0 amide bonds. The number of aliphatic carboxylic acids is 1. The fourth-order valence-electron chi connectivity index (χ4n) is 0.654. The molecule has 0 rings (SSSR count). The van der Waals surface area contributed by atoms with E-state index < -0.39 is 5.97 Å². The van der Waals surface area contributed by atoms with Crippen LogP contribution in [0, 0.1) is 0 Å². The second-order valence-electron chi connectivity index (χ2n) is 2.39. The standard InChI is InChI=1S/C8H15BrO5/c9-7-14-6-5-13-4-3-12-2-1-8(10)11/h1-7H2,(H,10,11). The summed E-state index contributed by atoms with van der Waals surface area (Å²) >= 11 is 3.11. The van der Waals surface area contributed by atoms with Crippen molar-refractivity contribution < 1.29 is 24.1 Å². The smallest absolute Gasteiger partial charge is 0.305 e. The molecule has 0 spiro atoms. The maximum absolute atomic E-state index is 10.1. The van der Waals surface area contributed by atoms with Crippen LogP contribution in [0.5, 0.6) is 0 Å². The summed E-state index contributed by atoms with van der Waals surface area (Å²) in [5.41, 5.74) is 0.505. The van der Waals surface area contributed by atoms with E-state index >= 15 is 0 Å². The molecule has 0 saturated heterocycles. The first kappa shape index (κ1) is 13.8. The molecule has 0 aliphatic rings. The van der Waals surface area contributed by atoms with Crippen molar-refractivity contribution in [2.75, 3.05) is 38.6 Å². The fourth-order valence-corrected chi connectivity index (χ4v) is 0.883. The van der Waals surface area contributed by atoms with Gasteiger partial charge in [0.2, 0.25) is 0 Å². The number of carbonyl (C=O) groups is 1. The Morgan fingerprint density at radius 1 is 1.00 bits per heavy atom. The minimum Gasteiger partial charge on any atom is -0.481 e. The van der Waals surface area contributed by atoms with Crippen LogP contribution in [-0.2, 0) is 19.0 Å². The van der Waals surface area contributed by atoms with Crippen molar-refractivity contribution in [2.24, 2.45) is 0 Å². The first-order valence-electron chi connectivity index (χ1n) is 4.28. The quantitative estimate of drug-likeness (QED) is 0.471. The number of carboxylic acids is 1. The van der Waals surface area contributed by atoms with Crippen molar-refractivity contribution in [3.05, 3.63) is 0 Å². The van der Waals surface area contributed by atoms with Gasteiger partial charge < -0.3 is 19.3 Å². The predicted molar refractivity (Wildman–Crippen MR) is 53.6 cm³/mol. The average molecular weight is 271 g/mol. The van der Waals surface area contributed by atoms with Crippen LogP contribution in [0.25, 0.3) is 0 Å². The van der Waals surface area contributed by atoms with Crippen LogP contribution < -0.4 is 0 Å². The second kappa shape index (κ2) is 10.9. The van der Waals surface area contributed by atoms with Crippen LogP contribution in [-0.4, -0.2) is 49.6 Å². The van der Waals surface area contributed by atoms with Gasteiger partial charge in [0.15, 0.2) is 0 Å². The van der Waals surface area contributed by atoms with E-state index in [1.54, 1.807) is 0 Å². The third-order valence-corrected chi connectivity index (χ3v) is 1.61. The molecule has 0 aliphatic heterocycles. The predicted octanol–water partition coefficient (Wildman–Crippen LogP) is 0.863. The molecule has 0 aromatic carbocycles. The van der Waals surface area contributed by atoms with Gasteiger partial charge in [-0.3, -0.25) is 4.79 Å². The molecule has 5 nitrogen and oxygen atoms in total. The van der Waals surface area contributed by atoms with E-state index in [0.29, 0.717) is 31.9 Å².